The number of carbonyl (C=O) groups excluding carboxylic acids is 1. The second-order valence-electron chi connectivity index (χ2n) is 5.75. The molecular formula is C17H16Cl2N2O2. The molecule has 0 spiro atoms. The number of likely N-dealkylation sites (tertiary alicyclic amines) is 1. The number of phenolic OH excluding ortho intramolecular Hbond substituents is 1. The van der Waals surface area contributed by atoms with Crippen LogP contribution < -0.4 is 0 Å². The van der Waals surface area contributed by atoms with Crippen molar-refractivity contribution in [2.75, 3.05) is 13.1 Å². The summed E-state index contributed by atoms with van der Waals surface area (Å²) in [6.07, 6.45) is 5.39. The van der Waals surface area contributed by atoms with Gasteiger partial charge in [0.2, 0.25) is 0 Å². The highest BCUT2D eigenvalue weighted by Gasteiger charge is 2.29. The van der Waals surface area contributed by atoms with Gasteiger partial charge in [-0.15, -0.1) is 0 Å². The Balaban J connectivity index is 1.71. The summed E-state index contributed by atoms with van der Waals surface area (Å²) >= 11 is 11.9. The van der Waals surface area contributed by atoms with Gasteiger partial charge in [0.05, 0.1) is 10.6 Å². The number of pyridine rings is 1. The Morgan fingerprint density at radius 2 is 2.04 bits per heavy atom. The minimum atomic E-state index is -0.249. The lowest BCUT2D eigenvalue weighted by molar-refractivity contribution is 0.0784. The Morgan fingerprint density at radius 3 is 2.74 bits per heavy atom. The first-order valence-corrected chi connectivity index (χ1v) is 8.16. The Hall–Kier alpha value is -1.78. The molecule has 1 aromatic carbocycles. The predicted molar refractivity (Wildman–Crippen MR) is 90.1 cm³/mol. The topological polar surface area (TPSA) is 53.4 Å². The van der Waals surface area contributed by atoms with Crippen molar-refractivity contribution in [3.05, 3.63) is 57.8 Å². The van der Waals surface area contributed by atoms with E-state index in [0.29, 0.717) is 24.0 Å². The fraction of sp³-hybridized carbons (Fsp3) is 0.294. The normalized spacial score (nSPS) is 17.5. The van der Waals surface area contributed by atoms with E-state index in [1.165, 1.54) is 17.7 Å². The molecule has 23 heavy (non-hydrogen) atoms. The molecule has 1 aliphatic rings. The summed E-state index contributed by atoms with van der Waals surface area (Å²) in [6, 6.07) is 6.80. The second kappa shape index (κ2) is 6.77. The zero-order valence-electron chi connectivity index (χ0n) is 12.4. The molecule has 0 radical (unpaired) electrons. The molecule has 0 aliphatic carbocycles. The number of rotatable bonds is 3. The molecule has 1 aliphatic heterocycles. The second-order valence-corrected chi connectivity index (χ2v) is 6.59. The van der Waals surface area contributed by atoms with Gasteiger partial charge >= 0.3 is 0 Å². The summed E-state index contributed by atoms with van der Waals surface area (Å²) in [7, 11) is 0. The maximum absolute atomic E-state index is 12.6. The van der Waals surface area contributed by atoms with Crippen molar-refractivity contribution in [2.45, 2.75) is 12.8 Å². The van der Waals surface area contributed by atoms with Crippen LogP contribution in [-0.4, -0.2) is 34.0 Å². The van der Waals surface area contributed by atoms with Crippen molar-refractivity contribution in [2.24, 2.45) is 5.92 Å². The van der Waals surface area contributed by atoms with Gasteiger partial charge in [-0.25, -0.2) is 0 Å². The molecule has 1 unspecified atom stereocenters. The fourth-order valence-electron chi connectivity index (χ4n) is 2.97. The van der Waals surface area contributed by atoms with E-state index in [1.807, 2.05) is 12.1 Å². The van der Waals surface area contributed by atoms with Gasteiger partial charge in [0.25, 0.3) is 5.91 Å². The van der Waals surface area contributed by atoms with E-state index in [1.54, 1.807) is 17.3 Å². The minimum Gasteiger partial charge on any atom is -0.507 e. The smallest absolute Gasteiger partial charge is 0.259 e. The van der Waals surface area contributed by atoms with E-state index in [2.05, 4.69) is 4.98 Å². The molecule has 3 rings (SSSR count). The van der Waals surface area contributed by atoms with Crippen LogP contribution in [0.3, 0.4) is 0 Å². The monoisotopic (exact) mass is 350 g/mol. The molecule has 4 nitrogen and oxygen atoms in total. The Morgan fingerprint density at radius 1 is 1.30 bits per heavy atom. The molecule has 0 saturated carbocycles. The maximum atomic E-state index is 12.6. The predicted octanol–water partition coefficient (Wildman–Crippen LogP) is 3.80. The van der Waals surface area contributed by atoms with E-state index >= 15 is 0 Å². The number of nitrogens with zero attached hydrogens (tertiary/aromatic N) is 2. The molecule has 1 aromatic heterocycles. The first kappa shape index (κ1) is 16.1. The fourth-order valence-corrected chi connectivity index (χ4v) is 3.53. The number of carbonyl (C=O) groups is 1. The van der Waals surface area contributed by atoms with Crippen LogP contribution in [0.25, 0.3) is 0 Å². The van der Waals surface area contributed by atoms with Crippen LogP contribution in [0.5, 0.6) is 5.75 Å². The molecule has 0 bridgehead atoms. The molecule has 120 valence electrons. The van der Waals surface area contributed by atoms with Crippen LogP contribution in [0.15, 0.2) is 36.7 Å². The van der Waals surface area contributed by atoms with Gasteiger partial charge in [-0.2, -0.15) is 0 Å². The highest BCUT2D eigenvalue weighted by atomic mass is 35.5. The summed E-state index contributed by atoms with van der Waals surface area (Å²) in [5.41, 5.74) is 1.34. The highest BCUT2D eigenvalue weighted by molar-refractivity contribution is 6.37. The lowest BCUT2D eigenvalue weighted by Gasteiger charge is -2.18. The molecule has 1 saturated heterocycles. The van der Waals surface area contributed by atoms with Gasteiger partial charge < -0.3 is 10.0 Å². The highest BCUT2D eigenvalue weighted by Crippen LogP contribution is 2.32. The number of phenols is 1. The lowest BCUT2D eigenvalue weighted by Crippen LogP contribution is -2.29. The summed E-state index contributed by atoms with van der Waals surface area (Å²) in [6.45, 7) is 1.31. The average Bonchev–Trinajstić information content (AvgIpc) is 2.95. The number of aromatic nitrogens is 1. The third kappa shape index (κ3) is 3.59. The number of benzene rings is 1. The summed E-state index contributed by atoms with van der Waals surface area (Å²) < 4.78 is 0. The zero-order chi connectivity index (χ0) is 16.4. The van der Waals surface area contributed by atoms with Crippen molar-refractivity contribution in [3.8, 4) is 5.75 Å². The molecule has 1 atom stereocenters. The molecule has 1 amide bonds. The summed E-state index contributed by atoms with van der Waals surface area (Å²) in [4.78, 5) is 18.4. The van der Waals surface area contributed by atoms with Crippen molar-refractivity contribution in [3.63, 3.8) is 0 Å². The minimum absolute atomic E-state index is 0.126. The Kier molecular flexibility index (Phi) is 4.74. The number of amides is 1. The standard InChI is InChI=1S/C17H16Cl2N2O2/c18-13-8-14(19)16(15(22)9-13)17(23)21-6-3-12(10-21)7-11-1-4-20-5-2-11/h1-2,4-5,8-9,12,22H,3,6-7,10H2. The van der Waals surface area contributed by atoms with E-state index in [0.717, 1.165) is 12.8 Å². The summed E-state index contributed by atoms with van der Waals surface area (Å²) in [5, 5.41) is 10.5. The van der Waals surface area contributed by atoms with Crippen LogP contribution in [0, 0.1) is 5.92 Å². The van der Waals surface area contributed by atoms with E-state index in [4.69, 9.17) is 23.2 Å². The van der Waals surface area contributed by atoms with Crippen molar-refractivity contribution in [1.82, 2.24) is 9.88 Å². The van der Waals surface area contributed by atoms with Gasteiger partial charge in [-0.3, -0.25) is 9.78 Å². The maximum Gasteiger partial charge on any atom is 0.259 e. The van der Waals surface area contributed by atoms with E-state index in [9.17, 15) is 9.90 Å². The van der Waals surface area contributed by atoms with E-state index < -0.39 is 0 Å². The molecule has 1 fully saturated rings. The average molecular weight is 351 g/mol. The molecule has 6 heteroatoms. The number of hydrogen-bond donors (Lipinski definition) is 1. The van der Waals surface area contributed by atoms with Crippen LogP contribution >= 0.6 is 23.2 Å². The SMILES string of the molecule is O=C(c1c(O)cc(Cl)cc1Cl)N1CCC(Cc2ccncc2)C1. The van der Waals surface area contributed by atoms with E-state index in [-0.39, 0.29) is 22.2 Å². The van der Waals surface area contributed by atoms with Gasteiger partial charge in [-0.05, 0) is 48.6 Å². The van der Waals surface area contributed by atoms with Gasteiger partial charge in [0, 0.05) is 30.5 Å². The molecule has 2 aromatic rings. The first-order chi connectivity index (χ1) is 11.0. The third-order valence-corrected chi connectivity index (χ3v) is 4.61. The molecular weight excluding hydrogens is 335 g/mol. The van der Waals surface area contributed by atoms with Crippen LogP contribution in [0.2, 0.25) is 10.0 Å². The van der Waals surface area contributed by atoms with Gasteiger partial charge in [-0.1, -0.05) is 23.2 Å². The third-order valence-electron chi connectivity index (χ3n) is 4.09. The van der Waals surface area contributed by atoms with Crippen molar-refractivity contribution >= 4 is 29.1 Å². The van der Waals surface area contributed by atoms with Crippen LogP contribution in [0.4, 0.5) is 0 Å². The van der Waals surface area contributed by atoms with Crippen LogP contribution in [-0.2, 0) is 6.42 Å². The largest absolute Gasteiger partial charge is 0.507 e. The number of aromatic hydroxyl groups is 1. The van der Waals surface area contributed by atoms with Crippen LogP contribution in [0.1, 0.15) is 22.3 Å². The van der Waals surface area contributed by atoms with Crippen molar-refractivity contribution in [1.29, 1.82) is 0 Å². The molecule has 1 N–H and O–H groups in total. The Labute approximate surface area is 144 Å². The van der Waals surface area contributed by atoms with Gasteiger partial charge in [0.1, 0.15) is 5.75 Å². The lowest BCUT2D eigenvalue weighted by atomic mass is 10.00. The van der Waals surface area contributed by atoms with Crippen molar-refractivity contribution < 1.29 is 9.90 Å². The zero-order valence-corrected chi connectivity index (χ0v) is 13.9. The summed E-state index contributed by atoms with van der Waals surface area (Å²) in [5.74, 6) is -0.0268. The molecule has 2 heterocycles. The van der Waals surface area contributed by atoms with Gasteiger partial charge in [0.15, 0.2) is 0 Å². The number of halogens is 2. The Bertz CT molecular complexity index is 699. The first-order valence-electron chi connectivity index (χ1n) is 7.41. The quantitative estimate of drug-likeness (QED) is 0.915. The number of hydrogen-bond acceptors (Lipinski definition) is 3.